The van der Waals surface area contributed by atoms with Crippen LogP contribution in [0.4, 0.5) is 5.69 Å². The number of aromatic nitrogens is 3. The van der Waals surface area contributed by atoms with Gasteiger partial charge < -0.3 is 10.4 Å². The van der Waals surface area contributed by atoms with E-state index in [1.54, 1.807) is 13.8 Å². The normalized spacial score (nSPS) is 12.0. The standard InChI is InChI=1S/C12H13N5O5S/c1-5-9(12(19)20)23-11(14-5)6(2)13-10(18)8-7(17(21)22)4-16(3)15-8/h4,6H,1-3H3,(H,13,18)(H,19,20). The number of rotatable bonds is 5. The second-order valence-corrected chi connectivity index (χ2v) is 5.79. The number of amides is 1. The Kier molecular flexibility index (Phi) is 4.40. The van der Waals surface area contributed by atoms with Crippen LogP contribution >= 0.6 is 11.3 Å². The van der Waals surface area contributed by atoms with Gasteiger partial charge >= 0.3 is 11.7 Å². The summed E-state index contributed by atoms with van der Waals surface area (Å²) in [4.78, 5) is 37.6. The summed E-state index contributed by atoms with van der Waals surface area (Å²) in [6, 6.07) is -0.610. The number of aromatic carboxylic acids is 1. The van der Waals surface area contributed by atoms with Gasteiger partial charge in [-0.3, -0.25) is 19.6 Å². The van der Waals surface area contributed by atoms with Gasteiger partial charge in [-0.2, -0.15) is 5.10 Å². The lowest BCUT2D eigenvalue weighted by Crippen LogP contribution is -2.27. The van der Waals surface area contributed by atoms with E-state index in [0.29, 0.717) is 10.7 Å². The Hall–Kier alpha value is -2.82. The maximum Gasteiger partial charge on any atom is 0.347 e. The third-order valence-electron chi connectivity index (χ3n) is 2.95. The van der Waals surface area contributed by atoms with Crippen LogP contribution in [0, 0.1) is 17.0 Å². The molecular weight excluding hydrogens is 326 g/mol. The number of thiazole rings is 1. The minimum absolute atomic E-state index is 0.0879. The fraction of sp³-hybridized carbons (Fsp3) is 0.333. The first kappa shape index (κ1) is 16.5. The number of nitrogens with zero attached hydrogens (tertiary/aromatic N) is 4. The molecule has 0 bridgehead atoms. The first-order chi connectivity index (χ1) is 10.7. The Balaban J connectivity index is 2.22. The topological polar surface area (TPSA) is 140 Å². The second-order valence-electron chi connectivity index (χ2n) is 4.76. The zero-order valence-corrected chi connectivity index (χ0v) is 13.2. The fourth-order valence-corrected chi connectivity index (χ4v) is 2.81. The van der Waals surface area contributed by atoms with Gasteiger partial charge in [-0.15, -0.1) is 11.3 Å². The molecule has 2 aromatic rings. The van der Waals surface area contributed by atoms with E-state index in [4.69, 9.17) is 5.11 Å². The van der Waals surface area contributed by atoms with Gasteiger partial charge in [0.25, 0.3) is 5.91 Å². The Morgan fingerprint density at radius 2 is 2.17 bits per heavy atom. The molecule has 0 radical (unpaired) electrons. The predicted octanol–water partition coefficient (Wildman–Crippen LogP) is 1.28. The SMILES string of the molecule is Cc1nc(C(C)NC(=O)c2nn(C)cc2[N+](=O)[O-])sc1C(=O)O. The quantitative estimate of drug-likeness (QED) is 0.617. The summed E-state index contributed by atoms with van der Waals surface area (Å²) >= 11 is 0.944. The highest BCUT2D eigenvalue weighted by Crippen LogP contribution is 2.24. The smallest absolute Gasteiger partial charge is 0.347 e. The molecule has 0 aliphatic carbocycles. The highest BCUT2D eigenvalue weighted by molar-refractivity contribution is 7.13. The summed E-state index contributed by atoms with van der Waals surface area (Å²) in [7, 11) is 1.47. The van der Waals surface area contributed by atoms with Crippen molar-refractivity contribution in [3.8, 4) is 0 Å². The minimum atomic E-state index is -1.09. The van der Waals surface area contributed by atoms with E-state index in [2.05, 4.69) is 15.4 Å². The Morgan fingerprint density at radius 1 is 1.52 bits per heavy atom. The Labute approximate surface area is 133 Å². The van der Waals surface area contributed by atoms with Crippen LogP contribution in [0.25, 0.3) is 0 Å². The Bertz CT molecular complexity index is 796. The molecule has 23 heavy (non-hydrogen) atoms. The molecule has 2 rings (SSSR count). The van der Waals surface area contributed by atoms with Crippen LogP contribution in [0.5, 0.6) is 0 Å². The second kappa shape index (κ2) is 6.12. The van der Waals surface area contributed by atoms with Crippen molar-refractivity contribution >= 4 is 28.9 Å². The van der Waals surface area contributed by atoms with Crippen LogP contribution in [0.1, 0.15) is 43.8 Å². The van der Waals surface area contributed by atoms with E-state index >= 15 is 0 Å². The molecule has 0 aromatic carbocycles. The largest absolute Gasteiger partial charge is 0.477 e. The summed E-state index contributed by atoms with van der Waals surface area (Å²) < 4.78 is 1.17. The summed E-state index contributed by atoms with van der Waals surface area (Å²) in [6.45, 7) is 3.16. The van der Waals surface area contributed by atoms with Crippen LogP contribution in [-0.4, -0.2) is 36.7 Å². The Morgan fingerprint density at radius 3 is 2.70 bits per heavy atom. The molecule has 2 aromatic heterocycles. The van der Waals surface area contributed by atoms with Crippen molar-refractivity contribution in [1.29, 1.82) is 0 Å². The molecule has 0 aliphatic rings. The van der Waals surface area contributed by atoms with Crippen molar-refractivity contribution in [3.05, 3.63) is 37.6 Å². The average molecular weight is 339 g/mol. The molecule has 1 unspecified atom stereocenters. The van der Waals surface area contributed by atoms with Gasteiger partial charge in [0.05, 0.1) is 16.7 Å². The molecule has 0 fully saturated rings. The van der Waals surface area contributed by atoms with E-state index in [-0.39, 0.29) is 10.6 Å². The van der Waals surface area contributed by atoms with Gasteiger partial charge in [0.15, 0.2) is 0 Å². The van der Waals surface area contributed by atoms with Gasteiger partial charge in [-0.05, 0) is 13.8 Å². The van der Waals surface area contributed by atoms with Gasteiger partial charge in [-0.1, -0.05) is 0 Å². The maximum atomic E-state index is 12.2. The number of hydrogen-bond acceptors (Lipinski definition) is 7. The number of carbonyl (C=O) groups is 2. The van der Waals surface area contributed by atoms with Gasteiger partial charge in [-0.25, -0.2) is 9.78 Å². The summed E-state index contributed by atoms with van der Waals surface area (Å²) in [5.74, 6) is -1.82. The first-order valence-electron chi connectivity index (χ1n) is 6.40. The lowest BCUT2D eigenvalue weighted by Gasteiger charge is -2.09. The zero-order valence-electron chi connectivity index (χ0n) is 12.4. The van der Waals surface area contributed by atoms with E-state index in [1.807, 2.05) is 0 Å². The number of carboxylic acids is 1. The first-order valence-corrected chi connectivity index (χ1v) is 7.21. The van der Waals surface area contributed by atoms with Crippen molar-refractivity contribution in [1.82, 2.24) is 20.1 Å². The molecule has 10 nitrogen and oxygen atoms in total. The molecule has 0 saturated carbocycles. The predicted molar refractivity (Wildman–Crippen MR) is 79.6 cm³/mol. The van der Waals surface area contributed by atoms with Gasteiger partial charge in [0.1, 0.15) is 16.1 Å². The van der Waals surface area contributed by atoms with Gasteiger partial charge in [0, 0.05) is 7.05 Å². The number of carboxylic acid groups (broad SMARTS) is 1. The van der Waals surface area contributed by atoms with E-state index in [1.165, 1.54) is 11.7 Å². The molecule has 0 saturated heterocycles. The number of hydrogen-bond donors (Lipinski definition) is 2. The molecular formula is C12H13N5O5S. The molecule has 0 spiro atoms. The van der Waals surface area contributed by atoms with E-state index < -0.39 is 28.5 Å². The van der Waals surface area contributed by atoms with Gasteiger partial charge in [0.2, 0.25) is 5.69 Å². The van der Waals surface area contributed by atoms with Crippen LogP contribution in [0.2, 0.25) is 0 Å². The van der Waals surface area contributed by atoms with E-state index in [9.17, 15) is 19.7 Å². The molecule has 122 valence electrons. The monoisotopic (exact) mass is 339 g/mol. The number of aryl methyl sites for hydroxylation is 2. The lowest BCUT2D eigenvalue weighted by atomic mass is 10.3. The third kappa shape index (κ3) is 3.34. The zero-order chi connectivity index (χ0) is 17.3. The van der Waals surface area contributed by atoms with E-state index in [0.717, 1.165) is 17.5 Å². The molecule has 2 N–H and O–H groups in total. The maximum absolute atomic E-state index is 12.2. The van der Waals surface area contributed by atoms with Crippen molar-refractivity contribution < 1.29 is 19.6 Å². The molecule has 1 amide bonds. The van der Waals surface area contributed by atoms with Crippen molar-refractivity contribution in [2.24, 2.45) is 7.05 Å². The molecule has 1 atom stereocenters. The summed E-state index contributed by atoms with van der Waals surface area (Å²) in [5.41, 5.74) is -0.364. The molecule has 0 aliphatic heterocycles. The van der Waals surface area contributed by atoms with Crippen molar-refractivity contribution in [3.63, 3.8) is 0 Å². The average Bonchev–Trinajstić information content (AvgIpc) is 3.02. The molecule has 11 heteroatoms. The third-order valence-corrected chi connectivity index (χ3v) is 4.27. The van der Waals surface area contributed by atoms with Crippen LogP contribution in [0.15, 0.2) is 6.20 Å². The fourth-order valence-electron chi connectivity index (χ4n) is 1.90. The summed E-state index contributed by atoms with van der Waals surface area (Å²) in [6.07, 6.45) is 1.13. The minimum Gasteiger partial charge on any atom is -0.477 e. The van der Waals surface area contributed by atoms with Crippen LogP contribution in [-0.2, 0) is 7.05 Å². The highest BCUT2D eigenvalue weighted by atomic mass is 32.1. The van der Waals surface area contributed by atoms with Crippen molar-refractivity contribution in [2.45, 2.75) is 19.9 Å². The molecule has 2 heterocycles. The number of carbonyl (C=O) groups excluding carboxylic acids is 1. The van der Waals surface area contributed by atoms with Crippen LogP contribution in [0.3, 0.4) is 0 Å². The number of nitrogens with one attached hydrogen (secondary N) is 1. The highest BCUT2D eigenvalue weighted by Gasteiger charge is 2.27. The number of nitro groups is 1. The lowest BCUT2D eigenvalue weighted by molar-refractivity contribution is -0.385. The van der Waals surface area contributed by atoms with Crippen molar-refractivity contribution in [2.75, 3.05) is 0 Å². The van der Waals surface area contributed by atoms with Crippen LogP contribution < -0.4 is 5.32 Å². The summed E-state index contributed by atoms with van der Waals surface area (Å²) in [5, 5.41) is 26.6.